The SMILES string of the molecule is O=[N+]([O-])c1cc(C(F)(F)F)cc([N+](=O)[O-])c1S(=O)(=O)O.[Na]. The number of benzene rings is 1. The number of rotatable bonds is 3. The van der Waals surface area contributed by atoms with E-state index in [4.69, 9.17) is 4.55 Å². The van der Waals surface area contributed by atoms with Gasteiger partial charge in [0.2, 0.25) is 4.90 Å². The zero-order chi connectivity index (χ0) is 15.9. The molecule has 0 saturated heterocycles. The van der Waals surface area contributed by atoms with Crippen molar-refractivity contribution in [3.63, 3.8) is 0 Å². The predicted octanol–water partition coefficient (Wildman–Crippen LogP) is 1.39. The van der Waals surface area contributed by atoms with Gasteiger partial charge in [-0.3, -0.25) is 24.8 Å². The van der Waals surface area contributed by atoms with Gasteiger partial charge in [0.1, 0.15) is 0 Å². The number of nitro groups is 2. The molecule has 9 nitrogen and oxygen atoms in total. The van der Waals surface area contributed by atoms with E-state index in [-0.39, 0.29) is 41.7 Å². The van der Waals surface area contributed by atoms with Crippen LogP contribution in [0.25, 0.3) is 0 Å². The van der Waals surface area contributed by atoms with Gasteiger partial charge in [-0.15, -0.1) is 0 Å². The van der Waals surface area contributed by atoms with Crippen molar-refractivity contribution in [2.24, 2.45) is 0 Å². The molecule has 1 rings (SSSR count). The maximum Gasteiger partial charge on any atom is 0.416 e. The Balaban J connectivity index is 0.00000400. The molecule has 0 saturated carbocycles. The summed E-state index contributed by atoms with van der Waals surface area (Å²) in [4.78, 5) is 16.2. The molecule has 0 aliphatic rings. The molecule has 111 valence electrons. The van der Waals surface area contributed by atoms with Gasteiger partial charge in [-0.05, 0) is 0 Å². The fourth-order valence-corrected chi connectivity index (χ4v) is 2.09. The van der Waals surface area contributed by atoms with E-state index in [0.717, 1.165) is 0 Å². The second kappa shape index (κ2) is 6.23. The van der Waals surface area contributed by atoms with Crippen LogP contribution in [0.2, 0.25) is 0 Å². The van der Waals surface area contributed by atoms with Crippen molar-refractivity contribution in [3.05, 3.63) is 37.9 Å². The van der Waals surface area contributed by atoms with Crippen LogP contribution in [0.4, 0.5) is 24.5 Å². The van der Waals surface area contributed by atoms with Crippen molar-refractivity contribution >= 4 is 51.1 Å². The molecule has 0 atom stereocenters. The molecular formula is C7H3F3N2NaO7S. The summed E-state index contributed by atoms with van der Waals surface area (Å²) < 4.78 is 67.9. The van der Waals surface area contributed by atoms with Crippen molar-refractivity contribution in [2.75, 3.05) is 0 Å². The molecule has 0 amide bonds. The van der Waals surface area contributed by atoms with Gasteiger partial charge in [-0.25, -0.2) is 0 Å². The van der Waals surface area contributed by atoms with E-state index in [1.165, 1.54) is 0 Å². The van der Waals surface area contributed by atoms with Gasteiger partial charge in [-0.1, -0.05) is 0 Å². The van der Waals surface area contributed by atoms with Gasteiger partial charge in [0.25, 0.3) is 11.4 Å². The second-order valence-electron chi connectivity index (χ2n) is 3.33. The number of halogens is 3. The molecule has 0 aliphatic heterocycles. The normalized spacial score (nSPS) is 11.6. The van der Waals surface area contributed by atoms with E-state index < -0.39 is 48.0 Å². The zero-order valence-corrected chi connectivity index (χ0v) is 12.8. The summed E-state index contributed by atoms with van der Waals surface area (Å²) in [6.45, 7) is 0. The molecule has 0 aliphatic carbocycles. The Labute approximate surface area is 136 Å². The maximum absolute atomic E-state index is 12.4. The summed E-state index contributed by atoms with van der Waals surface area (Å²) in [6.07, 6.45) is -5.17. The Hall–Kier alpha value is -1.28. The number of alkyl halides is 3. The predicted molar refractivity (Wildman–Crippen MR) is 60.3 cm³/mol. The Morgan fingerprint density at radius 1 is 1.05 bits per heavy atom. The molecule has 0 heterocycles. The fraction of sp³-hybridized carbons (Fsp3) is 0.143. The minimum atomic E-state index is -5.47. The van der Waals surface area contributed by atoms with Crippen molar-refractivity contribution in [1.82, 2.24) is 0 Å². The fourth-order valence-electron chi connectivity index (χ4n) is 1.30. The summed E-state index contributed by atoms with van der Waals surface area (Å²) in [5.74, 6) is 0. The number of hydrogen-bond acceptors (Lipinski definition) is 6. The minimum absolute atomic E-state index is 0. The van der Waals surface area contributed by atoms with Crippen LogP contribution in [0.5, 0.6) is 0 Å². The third-order valence-corrected chi connectivity index (χ3v) is 2.96. The summed E-state index contributed by atoms with van der Waals surface area (Å²) in [7, 11) is -5.47. The van der Waals surface area contributed by atoms with E-state index in [2.05, 4.69) is 0 Å². The number of hydrogen-bond donors (Lipinski definition) is 1. The molecule has 14 heteroatoms. The first-order valence-electron chi connectivity index (χ1n) is 4.37. The van der Waals surface area contributed by atoms with E-state index in [1.807, 2.05) is 0 Å². The molecule has 1 aromatic carbocycles. The Morgan fingerprint density at radius 2 is 1.38 bits per heavy atom. The summed E-state index contributed by atoms with van der Waals surface area (Å²) in [6, 6.07) is -0.424. The third kappa shape index (κ3) is 4.34. The molecule has 0 aromatic heterocycles. The molecular weight excluding hydrogens is 336 g/mol. The van der Waals surface area contributed by atoms with Crippen LogP contribution in [0, 0.1) is 20.2 Å². The maximum atomic E-state index is 12.4. The molecule has 1 N–H and O–H groups in total. The van der Waals surface area contributed by atoms with Gasteiger partial charge in [0, 0.05) is 41.7 Å². The van der Waals surface area contributed by atoms with E-state index in [9.17, 15) is 41.8 Å². The molecule has 0 spiro atoms. The average molecular weight is 339 g/mol. The zero-order valence-electron chi connectivity index (χ0n) is 9.99. The largest absolute Gasteiger partial charge is 0.416 e. The van der Waals surface area contributed by atoms with Crippen LogP contribution >= 0.6 is 0 Å². The van der Waals surface area contributed by atoms with Crippen LogP contribution in [-0.4, -0.2) is 52.4 Å². The minimum Gasteiger partial charge on any atom is -0.281 e. The third-order valence-electron chi connectivity index (χ3n) is 2.03. The van der Waals surface area contributed by atoms with Crippen molar-refractivity contribution < 1.29 is 36.0 Å². The van der Waals surface area contributed by atoms with E-state index in [1.54, 1.807) is 0 Å². The first-order chi connectivity index (χ1) is 8.85. The van der Waals surface area contributed by atoms with Gasteiger partial charge in [-0.2, -0.15) is 21.6 Å². The number of nitrogens with zero attached hydrogens (tertiary/aromatic N) is 2. The standard InChI is InChI=1S/C7H3F3N2O7S.Na/c8-7(9,10)3-1-4(11(13)14)6(20(17,18)19)5(2-3)12(15)16;/h1-2H,(H,17,18,19);. The summed E-state index contributed by atoms with van der Waals surface area (Å²) >= 11 is 0. The van der Waals surface area contributed by atoms with E-state index >= 15 is 0 Å². The summed E-state index contributed by atoms with van der Waals surface area (Å²) in [5.41, 5.74) is -5.27. The molecule has 0 unspecified atom stereocenters. The van der Waals surface area contributed by atoms with Crippen LogP contribution < -0.4 is 0 Å². The molecule has 21 heavy (non-hydrogen) atoms. The first kappa shape index (κ1) is 19.7. The molecule has 0 bridgehead atoms. The number of nitro benzene ring substituents is 2. The van der Waals surface area contributed by atoms with Crippen LogP contribution in [0.1, 0.15) is 5.56 Å². The Bertz CT molecular complexity index is 668. The van der Waals surface area contributed by atoms with Gasteiger partial charge in [0.05, 0.1) is 15.4 Å². The second-order valence-corrected chi connectivity index (χ2v) is 4.69. The van der Waals surface area contributed by atoms with Crippen LogP contribution in [0.3, 0.4) is 0 Å². The van der Waals surface area contributed by atoms with E-state index in [0.29, 0.717) is 0 Å². The first-order valence-corrected chi connectivity index (χ1v) is 5.81. The monoisotopic (exact) mass is 339 g/mol. The average Bonchev–Trinajstić information content (AvgIpc) is 2.24. The van der Waals surface area contributed by atoms with Crippen LogP contribution in [0.15, 0.2) is 17.0 Å². The Morgan fingerprint density at radius 3 is 1.57 bits per heavy atom. The summed E-state index contributed by atoms with van der Waals surface area (Å²) in [5, 5.41) is 21.1. The molecule has 1 aromatic rings. The van der Waals surface area contributed by atoms with Crippen molar-refractivity contribution in [3.8, 4) is 0 Å². The smallest absolute Gasteiger partial charge is 0.281 e. The van der Waals surface area contributed by atoms with Crippen molar-refractivity contribution in [1.29, 1.82) is 0 Å². The Kier molecular flexibility index (Phi) is 5.85. The van der Waals surface area contributed by atoms with Crippen molar-refractivity contribution in [2.45, 2.75) is 11.1 Å². The molecule has 1 radical (unpaired) electrons. The van der Waals surface area contributed by atoms with Gasteiger partial charge >= 0.3 is 16.3 Å². The van der Waals surface area contributed by atoms with Crippen LogP contribution in [-0.2, 0) is 16.3 Å². The van der Waals surface area contributed by atoms with Gasteiger partial charge in [0.15, 0.2) is 0 Å². The quantitative estimate of drug-likeness (QED) is 0.379. The molecule has 0 fully saturated rings. The topological polar surface area (TPSA) is 141 Å². The van der Waals surface area contributed by atoms with Gasteiger partial charge < -0.3 is 0 Å².